The van der Waals surface area contributed by atoms with E-state index in [1.165, 1.54) is 12.8 Å². The molecule has 1 amide bonds. The van der Waals surface area contributed by atoms with Crippen molar-refractivity contribution in [1.29, 1.82) is 0 Å². The second-order valence-electron chi connectivity index (χ2n) is 5.61. The molecule has 2 rings (SSSR count). The Morgan fingerprint density at radius 3 is 2.53 bits per heavy atom. The Hall–Kier alpha value is -0.640. The first-order valence-electron chi connectivity index (χ1n) is 6.69. The molecular weight excluding hydrogens is 232 g/mol. The molecule has 0 radical (unpaired) electrons. The molecule has 17 heavy (non-hydrogen) atoms. The van der Waals surface area contributed by atoms with Gasteiger partial charge in [0.2, 0.25) is 5.91 Å². The molecule has 4 heteroatoms. The molecule has 2 N–H and O–H groups in total. The first kappa shape index (κ1) is 12.8. The Morgan fingerprint density at radius 1 is 1.18 bits per heavy atom. The normalized spacial score (nSPS) is 32.9. The van der Waals surface area contributed by atoms with Gasteiger partial charge in [-0.2, -0.15) is 0 Å². The summed E-state index contributed by atoms with van der Waals surface area (Å²) in [6, 6.07) is 0.422. The van der Waals surface area contributed by atoms with E-state index in [4.69, 9.17) is 12.2 Å². The van der Waals surface area contributed by atoms with Crippen molar-refractivity contribution in [2.75, 3.05) is 0 Å². The summed E-state index contributed by atoms with van der Waals surface area (Å²) in [7, 11) is 0. The molecule has 96 valence electrons. The van der Waals surface area contributed by atoms with E-state index in [2.05, 4.69) is 24.5 Å². The van der Waals surface area contributed by atoms with Crippen molar-refractivity contribution in [3.63, 3.8) is 0 Å². The van der Waals surface area contributed by atoms with E-state index in [1.807, 2.05) is 0 Å². The molecule has 3 nitrogen and oxygen atoms in total. The molecule has 3 atom stereocenters. The first-order chi connectivity index (χ1) is 8.08. The Labute approximate surface area is 109 Å². The molecule has 2 aliphatic carbocycles. The summed E-state index contributed by atoms with van der Waals surface area (Å²) >= 11 is 5.21. The van der Waals surface area contributed by atoms with Crippen LogP contribution in [0.1, 0.15) is 46.0 Å². The van der Waals surface area contributed by atoms with Gasteiger partial charge in [0.05, 0.1) is 0 Å². The maximum absolute atomic E-state index is 11.6. The molecule has 0 saturated heterocycles. The Balaban J connectivity index is 1.78. The van der Waals surface area contributed by atoms with E-state index >= 15 is 0 Å². The molecule has 0 aromatic carbocycles. The SMILES string of the molecule is C[C@H]1[C@H](C)CCC[C@@H]1NC(=S)NC(=O)C1CC1. The smallest absolute Gasteiger partial charge is 0.229 e. The quantitative estimate of drug-likeness (QED) is 0.742. The molecule has 0 heterocycles. The minimum Gasteiger partial charge on any atom is -0.359 e. The number of hydrogen-bond acceptors (Lipinski definition) is 2. The number of nitrogens with one attached hydrogen (secondary N) is 2. The van der Waals surface area contributed by atoms with Crippen LogP contribution in [0.3, 0.4) is 0 Å². The second-order valence-corrected chi connectivity index (χ2v) is 6.02. The fraction of sp³-hybridized carbons (Fsp3) is 0.846. The average molecular weight is 254 g/mol. The minimum absolute atomic E-state index is 0.0963. The lowest BCUT2D eigenvalue weighted by Crippen LogP contribution is -2.49. The highest BCUT2D eigenvalue weighted by Gasteiger charge is 2.31. The van der Waals surface area contributed by atoms with Crippen molar-refractivity contribution in [3.8, 4) is 0 Å². The Bertz CT molecular complexity index is 315. The van der Waals surface area contributed by atoms with E-state index in [1.54, 1.807) is 0 Å². The molecule has 0 unspecified atom stereocenters. The lowest BCUT2D eigenvalue weighted by atomic mass is 9.78. The van der Waals surface area contributed by atoms with Gasteiger partial charge in [0, 0.05) is 12.0 Å². The Kier molecular flexibility index (Phi) is 4.02. The maximum Gasteiger partial charge on any atom is 0.229 e. The fourth-order valence-corrected chi connectivity index (χ4v) is 2.80. The molecule has 0 aliphatic heterocycles. The summed E-state index contributed by atoms with van der Waals surface area (Å²) < 4.78 is 0. The molecule has 0 spiro atoms. The van der Waals surface area contributed by atoms with Crippen LogP contribution in [-0.4, -0.2) is 17.1 Å². The second kappa shape index (κ2) is 5.34. The van der Waals surface area contributed by atoms with Gasteiger partial charge in [-0.3, -0.25) is 4.79 Å². The predicted molar refractivity (Wildman–Crippen MR) is 72.6 cm³/mol. The molecule has 0 bridgehead atoms. The molecule has 2 aliphatic rings. The molecule has 2 saturated carbocycles. The summed E-state index contributed by atoms with van der Waals surface area (Å²) in [5.41, 5.74) is 0. The van der Waals surface area contributed by atoms with E-state index < -0.39 is 0 Å². The standard InChI is InChI=1S/C13H22N2OS/c1-8-4-3-5-11(9(8)2)14-13(17)15-12(16)10-6-7-10/h8-11H,3-7H2,1-2H3,(H2,14,15,16,17)/t8-,9+,11+/m1/s1. The molecular formula is C13H22N2OS. The van der Waals surface area contributed by atoms with Crippen LogP contribution < -0.4 is 10.6 Å². The topological polar surface area (TPSA) is 41.1 Å². The van der Waals surface area contributed by atoms with E-state index in [-0.39, 0.29) is 11.8 Å². The van der Waals surface area contributed by atoms with Gasteiger partial charge >= 0.3 is 0 Å². The van der Waals surface area contributed by atoms with Crippen LogP contribution in [0.15, 0.2) is 0 Å². The van der Waals surface area contributed by atoms with Gasteiger partial charge in [0.25, 0.3) is 0 Å². The van der Waals surface area contributed by atoms with Gasteiger partial charge in [-0.1, -0.05) is 26.7 Å². The third-order valence-electron chi connectivity index (χ3n) is 4.21. The van der Waals surface area contributed by atoms with Gasteiger partial charge in [-0.15, -0.1) is 0 Å². The lowest BCUT2D eigenvalue weighted by Gasteiger charge is -2.35. The number of amides is 1. The third-order valence-corrected chi connectivity index (χ3v) is 4.43. The first-order valence-corrected chi connectivity index (χ1v) is 7.10. The van der Waals surface area contributed by atoms with Gasteiger partial charge in [0.1, 0.15) is 0 Å². The zero-order valence-electron chi connectivity index (χ0n) is 10.7. The van der Waals surface area contributed by atoms with Crippen LogP contribution in [0.25, 0.3) is 0 Å². The highest BCUT2D eigenvalue weighted by atomic mass is 32.1. The van der Waals surface area contributed by atoms with Crippen molar-refractivity contribution in [2.45, 2.75) is 52.0 Å². The summed E-state index contributed by atoms with van der Waals surface area (Å²) in [6.45, 7) is 4.57. The number of thiocarbonyl (C=S) groups is 1. The number of hydrogen-bond donors (Lipinski definition) is 2. The van der Waals surface area contributed by atoms with Crippen LogP contribution in [-0.2, 0) is 4.79 Å². The zero-order chi connectivity index (χ0) is 12.4. The van der Waals surface area contributed by atoms with Crippen molar-refractivity contribution in [1.82, 2.24) is 10.6 Å². The van der Waals surface area contributed by atoms with Crippen LogP contribution in [0, 0.1) is 17.8 Å². The van der Waals surface area contributed by atoms with Crippen LogP contribution in [0.4, 0.5) is 0 Å². The van der Waals surface area contributed by atoms with E-state index in [0.717, 1.165) is 25.2 Å². The van der Waals surface area contributed by atoms with Gasteiger partial charge < -0.3 is 10.6 Å². The summed E-state index contributed by atoms with van der Waals surface area (Å²) in [4.78, 5) is 11.6. The van der Waals surface area contributed by atoms with Crippen molar-refractivity contribution >= 4 is 23.2 Å². The maximum atomic E-state index is 11.6. The van der Waals surface area contributed by atoms with E-state index in [0.29, 0.717) is 17.1 Å². The Morgan fingerprint density at radius 2 is 1.88 bits per heavy atom. The molecule has 2 fully saturated rings. The van der Waals surface area contributed by atoms with Gasteiger partial charge in [-0.25, -0.2) is 0 Å². The molecule has 0 aromatic rings. The molecule has 0 aromatic heterocycles. The van der Waals surface area contributed by atoms with Crippen molar-refractivity contribution in [3.05, 3.63) is 0 Å². The lowest BCUT2D eigenvalue weighted by molar-refractivity contribution is -0.120. The number of rotatable bonds is 2. The van der Waals surface area contributed by atoms with Crippen LogP contribution in [0.2, 0.25) is 0 Å². The highest BCUT2D eigenvalue weighted by molar-refractivity contribution is 7.80. The fourth-order valence-electron chi connectivity index (χ4n) is 2.55. The summed E-state index contributed by atoms with van der Waals surface area (Å²) in [5, 5.41) is 6.64. The predicted octanol–water partition coefficient (Wildman–Crippen LogP) is 2.21. The van der Waals surface area contributed by atoms with Gasteiger partial charge in [-0.05, 0) is 43.3 Å². The van der Waals surface area contributed by atoms with Crippen LogP contribution >= 0.6 is 12.2 Å². The van der Waals surface area contributed by atoms with E-state index in [9.17, 15) is 4.79 Å². The number of carbonyl (C=O) groups is 1. The third kappa shape index (κ3) is 3.41. The van der Waals surface area contributed by atoms with Crippen molar-refractivity contribution < 1.29 is 4.79 Å². The highest BCUT2D eigenvalue weighted by Crippen LogP contribution is 2.30. The summed E-state index contributed by atoms with van der Waals surface area (Å²) in [5.74, 6) is 1.68. The monoisotopic (exact) mass is 254 g/mol. The van der Waals surface area contributed by atoms with Crippen LogP contribution in [0.5, 0.6) is 0 Å². The average Bonchev–Trinajstić information content (AvgIpc) is 3.08. The number of carbonyl (C=O) groups excluding carboxylic acids is 1. The minimum atomic E-state index is 0.0963. The van der Waals surface area contributed by atoms with Gasteiger partial charge in [0.15, 0.2) is 5.11 Å². The van der Waals surface area contributed by atoms with Crippen molar-refractivity contribution in [2.24, 2.45) is 17.8 Å². The largest absolute Gasteiger partial charge is 0.359 e. The summed E-state index contributed by atoms with van der Waals surface area (Å²) in [6.07, 6.45) is 5.75. The zero-order valence-corrected chi connectivity index (χ0v) is 11.5.